The van der Waals surface area contributed by atoms with Gasteiger partial charge in [0.1, 0.15) is 5.01 Å². The molecule has 1 heterocycles. The highest BCUT2D eigenvalue weighted by Crippen LogP contribution is 2.48. The number of nitrogens with one attached hydrogen (secondary N) is 1. The van der Waals surface area contributed by atoms with E-state index in [-0.39, 0.29) is 5.54 Å². The average molecular weight is 295 g/mol. The van der Waals surface area contributed by atoms with Gasteiger partial charge in [-0.05, 0) is 51.0 Å². The predicted octanol–water partition coefficient (Wildman–Crippen LogP) is 4.52. The SMILES string of the molecule is CCc1nc(C2(NC)CC(C)CCC2C(C)C)sc1C. The normalized spacial score (nSPS) is 30.9. The lowest BCUT2D eigenvalue weighted by Crippen LogP contribution is -2.52. The fourth-order valence-electron chi connectivity index (χ4n) is 4.00. The maximum atomic E-state index is 5.02. The Morgan fingerprint density at radius 2 is 2.10 bits per heavy atom. The summed E-state index contributed by atoms with van der Waals surface area (Å²) in [5.41, 5.74) is 1.38. The van der Waals surface area contributed by atoms with Crippen molar-refractivity contribution in [2.24, 2.45) is 17.8 Å². The molecule has 0 aromatic carbocycles. The largest absolute Gasteiger partial charge is 0.308 e. The van der Waals surface area contributed by atoms with Crippen molar-refractivity contribution >= 4 is 11.3 Å². The number of aromatic nitrogens is 1. The Labute approximate surface area is 128 Å². The molecule has 1 N–H and O–H groups in total. The Kier molecular flexibility index (Phi) is 4.91. The molecule has 1 aromatic rings. The number of rotatable bonds is 4. The number of hydrogen-bond acceptors (Lipinski definition) is 3. The van der Waals surface area contributed by atoms with Crippen LogP contribution in [-0.4, -0.2) is 12.0 Å². The van der Waals surface area contributed by atoms with E-state index in [1.807, 2.05) is 11.3 Å². The lowest BCUT2D eigenvalue weighted by Gasteiger charge is -2.47. The highest BCUT2D eigenvalue weighted by Gasteiger charge is 2.46. The Balaban J connectivity index is 2.47. The molecule has 1 saturated carbocycles. The van der Waals surface area contributed by atoms with Crippen LogP contribution < -0.4 is 5.32 Å². The third-order valence-corrected chi connectivity index (χ3v) is 6.32. The van der Waals surface area contributed by atoms with Gasteiger partial charge in [-0.25, -0.2) is 4.98 Å². The lowest BCUT2D eigenvalue weighted by atomic mass is 9.65. The van der Waals surface area contributed by atoms with Crippen molar-refractivity contribution in [3.63, 3.8) is 0 Å². The van der Waals surface area contributed by atoms with E-state index in [1.54, 1.807) is 0 Å². The second kappa shape index (κ2) is 6.15. The van der Waals surface area contributed by atoms with Crippen LogP contribution in [0, 0.1) is 24.7 Å². The number of thiazole rings is 1. The van der Waals surface area contributed by atoms with Crippen molar-refractivity contribution in [2.75, 3.05) is 7.05 Å². The highest BCUT2D eigenvalue weighted by atomic mass is 32.1. The first kappa shape index (κ1) is 16.0. The zero-order valence-corrected chi connectivity index (χ0v) is 14.7. The fraction of sp³-hybridized carbons (Fsp3) is 0.824. The maximum absolute atomic E-state index is 5.02. The summed E-state index contributed by atoms with van der Waals surface area (Å²) in [4.78, 5) is 6.42. The van der Waals surface area contributed by atoms with Crippen molar-refractivity contribution in [1.29, 1.82) is 0 Å². The summed E-state index contributed by atoms with van der Waals surface area (Å²) >= 11 is 1.92. The summed E-state index contributed by atoms with van der Waals surface area (Å²) in [5.74, 6) is 2.18. The predicted molar refractivity (Wildman–Crippen MR) is 88.3 cm³/mol. The highest BCUT2D eigenvalue weighted by molar-refractivity contribution is 7.11. The molecule has 20 heavy (non-hydrogen) atoms. The minimum Gasteiger partial charge on any atom is -0.308 e. The van der Waals surface area contributed by atoms with Gasteiger partial charge >= 0.3 is 0 Å². The van der Waals surface area contributed by atoms with E-state index in [0.717, 1.165) is 12.3 Å². The number of nitrogens with zero attached hydrogens (tertiary/aromatic N) is 1. The topological polar surface area (TPSA) is 24.9 Å². The van der Waals surface area contributed by atoms with Crippen LogP contribution in [0.5, 0.6) is 0 Å². The molecule has 3 atom stereocenters. The molecule has 1 aliphatic rings. The standard InChI is InChI=1S/C17H30N2S/c1-7-15-13(5)20-16(19-15)17(18-6)10-12(4)8-9-14(17)11(2)3/h11-12,14,18H,7-10H2,1-6H3. The van der Waals surface area contributed by atoms with E-state index in [2.05, 4.69) is 47.0 Å². The molecule has 3 heteroatoms. The average Bonchev–Trinajstić information content (AvgIpc) is 2.79. The molecule has 0 radical (unpaired) electrons. The first-order chi connectivity index (χ1) is 9.44. The Bertz CT molecular complexity index is 452. The fourth-order valence-corrected chi connectivity index (χ4v) is 5.28. The van der Waals surface area contributed by atoms with E-state index >= 15 is 0 Å². The molecule has 3 unspecified atom stereocenters. The van der Waals surface area contributed by atoms with Crippen LogP contribution in [-0.2, 0) is 12.0 Å². The summed E-state index contributed by atoms with van der Waals surface area (Å²) in [5, 5.41) is 5.04. The molecule has 0 spiro atoms. The molecule has 1 aromatic heterocycles. The molecule has 1 fully saturated rings. The molecular formula is C17H30N2S. The molecule has 114 valence electrons. The first-order valence-electron chi connectivity index (χ1n) is 8.10. The van der Waals surface area contributed by atoms with Gasteiger partial charge in [0.2, 0.25) is 0 Å². The van der Waals surface area contributed by atoms with E-state index in [4.69, 9.17) is 4.98 Å². The van der Waals surface area contributed by atoms with E-state index in [1.165, 1.54) is 34.8 Å². The van der Waals surface area contributed by atoms with Gasteiger partial charge in [0.05, 0.1) is 11.2 Å². The van der Waals surface area contributed by atoms with Gasteiger partial charge < -0.3 is 5.32 Å². The second-order valence-electron chi connectivity index (χ2n) is 6.83. The van der Waals surface area contributed by atoms with Gasteiger partial charge in [-0.3, -0.25) is 0 Å². The number of hydrogen-bond donors (Lipinski definition) is 1. The summed E-state index contributed by atoms with van der Waals surface area (Å²) < 4.78 is 0. The van der Waals surface area contributed by atoms with Crippen LogP contribution in [0.1, 0.15) is 62.5 Å². The van der Waals surface area contributed by atoms with Crippen molar-refractivity contribution in [3.8, 4) is 0 Å². The van der Waals surface area contributed by atoms with Crippen LogP contribution in [0.3, 0.4) is 0 Å². The maximum Gasteiger partial charge on any atom is 0.114 e. The minimum atomic E-state index is 0.0919. The summed E-state index contributed by atoms with van der Waals surface area (Å²) in [6.45, 7) is 11.6. The van der Waals surface area contributed by atoms with Crippen LogP contribution in [0.15, 0.2) is 0 Å². The van der Waals surface area contributed by atoms with E-state index in [9.17, 15) is 0 Å². The van der Waals surface area contributed by atoms with Crippen LogP contribution in [0.25, 0.3) is 0 Å². The molecule has 2 rings (SSSR count). The summed E-state index contributed by atoms with van der Waals surface area (Å²) in [6, 6.07) is 0. The lowest BCUT2D eigenvalue weighted by molar-refractivity contribution is 0.0793. The zero-order valence-electron chi connectivity index (χ0n) is 13.9. The van der Waals surface area contributed by atoms with Crippen molar-refractivity contribution in [2.45, 2.75) is 65.8 Å². The van der Waals surface area contributed by atoms with Crippen molar-refractivity contribution < 1.29 is 0 Å². The third kappa shape index (κ3) is 2.67. The van der Waals surface area contributed by atoms with E-state index < -0.39 is 0 Å². The molecular weight excluding hydrogens is 264 g/mol. The van der Waals surface area contributed by atoms with Gasteiger partial charge in [-0.15, -0.1) is 11.3 Å². The second-order valence-corrected chi connectivity index (χ2v) is 8.04. The van der Waals surface area contributed by atoms with Gasteiger partial charge in [0.15, 0.2) is 0 Å². The number of aryl methyl sites for hydroxylation is 2. The first-order valence-corrected chi connectivity index (χ1v) is 8.91. The molecule has 0 amide bonds. The Morgan fingerprint density at radius 1 is 1.40 bits per heavy atom. The van der Waals surface area contributed by atoms with Crippen molar-refractivity contribution in [3.05, 3.63) is 15.6 Å². The minimum absolute atomic E-state index is 0.0919. The van der Waals surface area contributed by atoms with Gasteiger partial charge in [-0.2, -0.15) is 0 Å². The molecule has 1 aliphatic carbocycles. The summed E-state index contributed by atoms with van der Waals surface area (Å²) in [6.07, 6.45) is 4.95. The summed E-state index contributed by atoms with van der Waals surface area (Å²) in [7, 11) is 2.13. The molecule has 0 bridgehead atoms. The Hall–Kier alpha value is -0.410. The molecule has 0 saturated heterocycles. The molecule has 0 aliphatic heterocycles. The Morgan fingerprint density at radius 3 is 2.60 bits per heavy atom. The molecule has 2 nitrogen and oxygen atoms in total. The smallest absolute Gasteiger partial charge is 0.114 e. The van der Waals surface area contributed by atoms with E-state index in [0.29, 0.717) is 11.8 Å². The zero-order chi connectivity index (χ0) is 14.9. The van der Waals surface area contributed by atoms with Gasteiger partial charge in [-0.1, -0.05) is 34.1 Å². The van der Waals surface area contributed by atoms with Gasteiger partial charge in [0.25, 0.3) is 0 Å². The monoisotopic (exact) mass is 294 g/mol. The van der Waals surface area contributed by atoms with Crippen LogP contribution in [0.4, 0.5) is 0 Å². The van der Waals surface area contributed by atoms with Crippen molar-refractivity contribution in [1.82, 2.24) is 10.3 Å². The quantitative estimate of drug-likeness (QED) is 0.883. The van der Waals surface area contributed by atoms with Crippen LogP contribution in [0.2, 0.25) is 0 Å². The van der Waals surface area contributed by atoms with Gasteiger partial charge in [0, 0.05) is 4.88 Å². The third-order valence-electron chi connectivity index (χ3n) is 5.13. The van der Waals surface area contributed by atoms with Crippen LogP contribution >= 0.6 is 11.3 Å².